The van der Waals surface area contributed by atoms with Gasteiger partial charge in [0, 0.05) is 12.0 Å². The van der Waals surface area contributed by atoms with Crippen LogP contribution in [0.15, 0.2) is 18.2 Å². The Balaban J connectivity index is 1.41. The molecule has 3 heterocycles. The van der Waals surface area contributed by atoms with E-state index in [-0.39, 0.29) is 44.2 Å². The maximum Gasteiger partial charge on any atom is 0.407 e. The maximum atomic E-state index is 14.8. The van der Waals surface area contributed by atoms with Gasteiger partial charge in [0.2, 0.25) is 24.1 Å². The Labute approximate surface area is 342 Å². The smallest absolute Gasteiger partial charge is 0.407 e. The van der Waals surface area contributed by atoms with E-state index in [1.807, 2.05) is 11.6 Å². The third-order valence-corrected chi connectivity index (χ3v) is 14.5. The quantitative estimate of drug-likeness (QED) is 0.308. The van der Waals surface area contributed by atoms with Crippen LogP contribution in [0.25, 0.3) is 11.0 Å². The van der Waals surface area contributed by atoms with Crippen LogP contribution in [-0.2, 0) is 35.6 Å². The fourth-order valence-corrected chi connectivity index (χ4v) is 9.35. The second-order valence-electron chi connectivity index (χ2n) is 17.2. The van der Waals surface area contributed by atoms with Gasteiger partial charge in [-0.05, 0) is 68.4 Å². The van der Waals surface area contributed by atoms with Gasteiger partial charge in [-0.2, -0.15) is 0 Å². The average molecular weight is 855 g/mol. The molecule has 0 radical (unpaired) electrons. The van der Waals surface area contributed by atoms with Crippen molar-refractivity contribution in [1.82, 2.24) is 30.2 Å². The van der Waals surface area contributed by atoms with Gasteiger partial charge in [0.05, 0.1) is 37.2 Å². The van der Waals surface area contributed by atoms with Gasteiger partial charge in [-0.3, -0.25) is 14.4 Å². The predicted octanol–water partition coefficient (Wildman–Crippen LogP) is 4.83. The highest BCUT2D eigenvalue weighted by Gasteiger charge is 2.68. The van der Waals surface area contributed by atoms with E-state index >= 15 is 0 Å². The molecular formula is C39H53ClF2N6O9S. The summed E-state index contributed by atoms with van der Waals surface area (Å²) in [5.74, 6) is -4.76. The van der Waals surface area contributed by atoms with Gasteiger partial charge in [-0.25, -0.2) is 36.7 Å². The van der Waals surface area contributed by atoms with E-state index in [1.165, 1.54) is 12.0 Å². The number of sulfonamides is 1. The first-order valence-electron chi connectivity index (χ1n) is 19.8. The Hall–Kier alpha value is -4.06. The van der Waals surface area contributed by atoms with Crippen LogP contribution in [0.2, 0.25) is 0 Å². The summed E-state index contributed by atoms with van der Waals surface area (Å²) < 4.78 is 72.2. The first kappa shape index (κ1) is 43.5. The summed E-state index contributed by atoms with van der Waals surface area (Å²) in [4.78, 5) is 67.2. The molecule has 4 aliphatic rings. The number of aromatic nitrogens is 2. The number of cyclic esters (lactones) is 1. The Morgan fingerprint density at radius 2 is 1.86 bits per heavy atom. The largest absolute Gasteiger partial charge is 0.497 e. The summed E-state index contributed by atoms with van der Waals surface area (Å²) >= 11 is 6.11. The molecule has 7 atom stereocenters. The molecule has 1 unspecified atom stereocenters. The molecule has 2 saturated carbocycles. The molecule has 1 aromatic heterocycles. The minimum atomic E-state index is -4.48. The number of carbonyl (C=O) groups is 4. The molecule has 1 aromatic carbocycles. The molecule has 2 bridgehead atoms. The van der Waals surface area contributed by atoms with E-state index in [1.54, 1.807) is 45.9 Å². The SMILES string of the molecule is CCC1[C@@H]2CN(C(=O)[C@H](C(C)(C)C)NC(=O)OC[C@H](C)CCCCCc3nc4ccc(OC)cc4nc3O2)[C@@H]1C(=O)N[C@]1(C(=O)NS(=O)(=O)C2(Cl)CC2)C[C@H]1C(F)F. The molecule has 19 heteroatoms. The van der Waals surface area contributed by atoms with Crippen LogP contribution >= 0.6 is 11.6 Å². The van der Waals surface area contributed by atoms with Crippen LogP contribution in [0.5, 0.6) is 11.6 Å². The van der Waals surface area contributed by atoms with Gasteiger partial charge in [0.1, 0.15) is 35.2 Å². The van der Waals surface area contributed by atoms with Crippen molar-refractivity contribution < 1.29 is 50.6 Å². The van der Waals surface area contributed by atoms with E-state index in [0.717, 1.165) is 25.7 Å². The zero-order chi connectivity index (χ0) is 42.4. The Kier molecular flexibility index (Phi) is 12.4. The number of alkyl carbamates (subject to hydrolysis) is 1. The number of aryl methyl sites for hydroxylation is 1. The number of hydrogen-bond acceptors (Lipinski definition) is 11. The zero-order valence-corrected chi connectivity index (χ0v) is 35.2. The van der Waals surface area contributed by atoms with Gasteiger partial charge in [0.25, 0.3) is 15.9 Å². The molecule has 3 fully saturated rings. The minimum Gasteiger partial charge on any atom is -0.497 e. The number of alkyl halides is 3. The number of nitrogens with zero attached hydrogens (tertiary/aromatic N) is 3. The van der Waals surface area contributed by atoms with Crippen LogP contribution in [0.4, 0.5) is 13.6 Å². The highest BCUT2D eigenvalue weighted by atomic mass is 35.5. The standard InChI is InChI=1S/C39H53ClF2N6O9S/c1-7-23-28-19-48(29(23)32(49)46-39(18-24(39)31(41)42)35(51)47-58(53,54)38(40)15-16-38)34(50)30(37(3,4)5)45-36(52)56-20-21(2)11-9-8-10-12-26-33(57-28)44-27-17-22(55-6)13-14-25(27)43-26/h13-14,17,21,23-24,28-31H,7-12,15-16,18-20H2,1-6H3,(H,45,52)(H,46,49)(H,47,51)/t21-,23?,24+,28+,29+,30-,39-/m1/s1. The normalized spacial score (nSPS) is 29.2. The number of hydrogen-bond donors (Lipinski definition) is 3. The lowest BCUT2D eigenvalue weighted by Crippen LogP contribution is -2.61. The van der Waals surface area contributed by atoms with Crippen LogP contribution in [0.1, 0.15) is 91.7 Å². The molecule has 2 aliphatic carbocycles. The number of ether oxygens (including phenoxy) is 3. The summed E-state index contributed by atoms with van der Waals surface area (Å²) in [5, 5.41) is 5.16. The van der Waals surface area contributed by atoms with Crippen molar-refractivity contribution in [3.63, 3.8) is 0 Å². The van der Waals surface area contributed by atoms with Gasteiger partial charge in [0.15, 0.2) is 4.21 Å². The Morgan fingerprint density at radius 3 is 2.48 bits per heavy atom. The van der Waals surface area contributed by atoms with Crippen LogP contribution in [0.3, 0.4) is 0 Å². The highest BCUT2D eigenvalue weighted by molar-refractivity contribution is 7.93. The lowest BCUT2D eigenvalue weighted by molar-refractivity contribution is -0.144. The minimum absolute atomic E-state index is 0.0266. The first-order valence-corrected chi connectivity index (χ1v) is 21.7. The second kappa shape index (κ2) is 16.5. The number of nitrogens with one attached hydrogen (secondary N) is 3. The highest BCUT2D eigenvalue weighted by Crippen LogP contribution is 2.51. The Bertz CT molecular complexity index is 2030. The van der Waals surface area contributed by atoms with Crippen molar-refractivity contribution in [2.24, 2.45) is 23.2 Å². The fourth-order valence-electron chi connectivity index (χ4n) is 7.89. The predicted molar refractivity (Wildman–Crippen MR) is 209 cm³/mol. The van der Waals surface area contributed by atoms with E-state index in [2.05, 4.69) is 10.6 Å². The second-order valence-corrected chi connectivity index (χ2v) is 20.1. The summed E-state index contributed by atoms with van der Waals surface area (Å²) in [5.41, 5.74) is -1.57. The number of benzene rings is 1. The molecule has 0 spiro atoms. The zero-order valence-electron chi connectivity index (χ0n) is 33.6. The van der Waals surface area contributed by atoms with Gasteiger partial charge < -0.3 is 29.7 Å². The summed E-state index contributed by atoms with van der Waals surface area (Å²) in [6.07, 6.45) is -1.31. The van der Waals surface area contributed by atoms with Gasteiger partial charge in [-0.15, -0.1) is 0 Å². The van der Waals surface area contributed by atoms with Crippen molar-refractivity contribution in [3.8, 4) is 11.6 Å². The first-order chi connectivity index (χ1) is 27.2. The monoisotopic (exact) mass is 854 g/mol. The third kappa shape index (κ3) is 8.92. The van der Waals surface area contributed by atoms with Crippen molar-refractivity contribution in [3.05, 3.63) is 23.9 Å². The number of rotatable bonds is 8. The molecule has 4 amide bonds. The topological polar surface area (TPSA) is 195 Å². The molecule has 2 aromatic rings. The van der Waals surface area contributed by atoms with Crippen LogP contribution in [0, 0.1) is 23.2 Å². The number of methoxy groups -OCH3 is 1. The van der Waals surface area contributed by atoms with E-state index in [0.29, 0.717) is 28.9 Å². The molecule has 6 rings (SSSR count). The average Bonchev–Trinajstić information content (AvgIpc) is 4.06. The Morgan fingerprint density at radius 1 is 1.14 bits per heavy atom. The van der Waals surface area contributed by atoms with E-state index in [9.17, 15) is 36.4 Å². The third-order valence-electron chi connectivity index (χ3n) is 11.7. The molecule has 320 valence electrons. The van der Waals surface area contributed by atoms with Crippen molar-refractivity contribution >= 4 is 56.5 Å². The summed E-state index contributed by atoms with van der Waals surface area (Å²) in [6, 6.07) is 2.62. The molecule has 2 aliphatic heterocycles. The van der Waals surface area contributed by atoms with Crippen LogP contribution in [-0.4, -0.2) is 102 Å². The fraction of sp³-hybridized carbons (Fsp3) is 0.692. The molecule has 3 N–H and O–H groups in total. The van der Waals surface area contributed by atoms with Crippen molar-refractivity contribution in [2.45, 2.75) is 127 Å². The number of halogens is 3. The molecular weight excluding hydrogens is 802 g/mol. The number of fused-ring (bicyclic) bond motifs is 4. The molecule has 1 saturated heterocycles. The maximum absolute atomic E-state index is 14.8. The van der Waals surface area contributed by atoms with Crippen molar-refractivity contribution in [2.75, 3.05) is 20.3 Å². The van der Waals surface area contributed by atoms with E-state index in [4.69, 9.17) is 35.8 Å². The van der Waals surface area contributed by atoms with Crippen molar-refractivity contribution in [1.29, 1.82) is 0 Å². The lowest BCUT2D eigenvalue weighted by Gasteiger charge is -2.36. The lowest BCUT2D eigenvalue weighted by atomic mass is 9.85. The molecule has 58 heavy (non-hydrogen) atoms. The van der Waals surface area contributed by atoms with Gasteiger partial charge in [-0.1, -0.05) is 59.1 Å². The van der Waals surface area contributed by atoms with Gasteiger partial charge >= 0.3 is 6.09 Å². The summed E-state index contributed by atoms with van der Waals surface area (Å²) in [7, 11) is -2.95. The number of carbonyl (C=O) groups excluding carboxylic acids is 4. The summed E-state index contributed by atoms with van der Waals surface area (Å²) in [6.45, 7) is 8.83. The van der Waals surface area contributed by atoms with E-state index < -0.39 is 91.9 Å². The number of amides is 4. The molecule has 15 nitrogen and oxygen atoms in total. The van der Waals surface area contributed by atoms with Crippen LogP contribution < -0.4 is 24.8 Å².